The SMILES string of the molecule is C[C@@H](CN[C@H](c1ccc(F)cc1)c1ncc[nH]1)N1CCN(C)CC1. The Hall–Kier alpha value is -1.76. The first kappa shape index (κ1) is 17.1. The number of imidazole rings is 1. The summed E-state index contributed by atoms with van der Waals surface area (Å²) in [6.07, 6.45) is 3.56. The standard InChI is InChI=1S/C18H26FN5/c1-14(24-11-9-23(2)10-12-24)13-22-17(18-20-7-8-21-18)15-3-5-16(19)6-4-15/h3-8,14,17,22H,9-13H2,1-2H3,(H,20,21)/t14-,17+/m0/s1. The summed E-state index contributed by atoms with van der Waals surface area (Å²) in [5.41, 5.74) is 1.01. The third-order valence-corrected chi connectivity index (χ3v) is 4.77. The molecule has 0 unspecified atom stereocenters. The molecule has 1 aromatic heterocycles. The van der Waals surface area contributed by atoms with Gasteiger partial charge in [0.05, 0.1) is 6.04 Å². The average Bonchev–Trinajstić information content (AvgIpc) is 3.11. The predicted octanol–water partition coefficient (Wildman–Crippen LogP) is 1.86. The average molecular weight is 331 g/mol. The van der Waals surface area contributed by atoms with E-state index < -0.39 is 0 Å². The van der Waals surface area contributed by atoms with Gasteiger partial charge >= 0.3 is 0 Å². The lowest BCUT2D eigenvalue weighted by Crippen LogP contribution is -2.51. The van der Waals surface area contributed by atoms with Crippen LogP contribution in [0.25, 0.3) is 0 Å². The van der Waals surface area contributed by atoms with Crippen LogP contribution in [0.5, 0.6) is 0 Å². The van der Waals surface area contributed by atoms with Gasteiger partial charge < -0.3 is 15.2 Å². The molecule has 0 aliphatic carbocycles. The van der Waals surface area contributed by atoms with Crippen LogP contribution >= 0.6 is 0 Å². The first-order valence-electron chi connectivity index (χ1n) is 8.54. The highest BCUT2D eigenvalue weighted by atomic mass is 19.1. The minimum Gasteiger partial charge on any atom is -0.347 e. The Bertz CT molecular complexity index is 605. The summed E-state index contributed by atoms with van der Waals surface area (Å²) in [6, 6.07) is 7.01. The summed E-state index contributed by atoms with van der Waals surface area (Å²) in [6.45, 7) is 7.53. The number of hydrogen-bond donors (Lipinski definition) is 2. The zero-order valence-corrected chi connectivity index (χ0v) is 14.4. The van der Waals surface area contributed by atoms with Crippen molar-refractivity contribution in [3.05, 3.63) is 53.9 Å². The van der Waals surface area contributed by atoms with Crippen LogP contribution in [0.4, 0.5) is 4.39 Å². The first-order valence-corrected chi connectivity index (χ1v) is 8.54. The van der Waals surface area contributed by atoms with E-state index in [0.717, 1.165) is 44.1 Å². The number of halogens is 1. The van der Waals surface area contributed by atoms with Crippen molar-refractivity contribution in [2.24, 2.45) is 0 Å². The van der Waals surface area contributed by atoms with Crippen molar-refractivity contribution in [2.45, 2.75) is 19.0 Å². The zero-order chi connectivity index (χ0) is 16.9. The molecule has 0 radical (unpaired) electrons. The number of nitrogens with one attached hydrogen (secondary N) is 2. The fraction of sp³-hybridized carbons (Fsp3) is 0.500. The van der Waals surface area contributed by atoms with E-state index in [-0.39, 0.29) is 11.9 Å². The van der Waals surface area contributed by atoms with E-state index in [1.54, 1.807) is 6.20 Å². The van der Waals surface area contributed by atoms with E-state index in [4.69, 9.17) is 0 Å². The fourth-order valence-corrected chi connectivity index (χ4v) is 3.14. The van der Waals surface area contributed by atoms with Gasteiger partial charge in [0.1, 0.15) is 11.6 Å². The minimum atomic E-state index is -0.220. The molecule has 24 heavy (non-hydrogen) atoms. The molecule has 1 aliphatic heterocycles. The van der Waals surface area contributed by atoms with E-state index in [1.165, 1.54) is 12.1 Å². The number of aromatic nitrogens is 2. The first-order chi connectivity index (χ1) is 11.6. The Balaban J connectivity index is 1.65. The molecule has 0 amide bonds. The topological polar surface area (TPSA) is 47.2 Å². The maximum atomic E-state index is 13.2. The quantitative estimate of drug-likeness (QED) is 0.848. The number of hydrogen-bond acceptors (Lipinski definition) is 4. The Kier molecular flexibility index (Phi) is 5.60. The Labute approximate surface area is 142 Å². The third-order valence-electron chi connectivity index (χ3n) is 4.77. The smallest absolute Gasteiger partial charge is 0.127 e. The van der Waals surface area contributed by atoms with Crippen LogP contribution in [-0.2, 0) is 0 Å². The van der Waals surface area contributed by atoms with Gasteiger partial charge in [-0.05, 0) is 31.7 Å². The van der Waals surface area contributed by atoms with Crippen LogP contribution in [0, 0.1) is 5.82 Å². The summed E-state index contributed by atoms with van der Waals surface area (Å²) in [5, 5.41) is 3.59. The second-order valence-corrected chi connectivity index (χ2v) is 6.56. The number of rotatable bonds is 6. The van der Waals surface area contributed by atoms with Crippen molar-refractivity contribution >= 4 is 0 Å². The molecule has 0 saturated carbocycles. The molecule has 2 N–H and O–H groups in total. The highest BCUT2D eigenvalue weighted by Gasteiger charge is 2.22. The molecular formula is C18H26FN5. The Morgan fingerprint density at radius 1 is 1.21 bits per heavy atom. The molecule has 1 fully saturated rings. The molecule has 6 heteroatoms. The molecule has 1 saturated heterocycles. The lowest BCUT2D eigenvalue weighted by atomic mass is 10.1. The predicted molar refractivity (Wildman–Crippen MR) is 93.4 cm³/mol. The second-order valence-electron chi connectivity index (χ2n) is 6.56. The fourth-order valence-electron chi connectivity index (χ4n) is 3.14. The van der Waals surface area contributed by atoms with Gasteiger partial charge in [0.15, 0.2) is 0 Å². The zero-order valence-electron chi connectivity index (χ0n) is 14.4. The van der Waals surface area contributed by atoms with Gasteiger partial charge in [-0.3, -0.25) is 4.90 Å². The van der Waals surface area contributed by atoms with Crippen molar-refractivity contribution in [3.63, 3.8) is 0 Å². The van der Waals surface area contributed by atoms with Gasteiger partial charge in [-0.25, -0.2) is 9.37 Å². The normalized spacial score (nSPS) is 19.3. The molecule has 0 bridgehead atoms. The molecule has 3 rings (SSSR count). The highest BCUT2D eigenvalue weighted by molar-refractivity contribution is 5.25. The molecule has 2 aromatic rings. The van der Waals surface area contributed by atoms with Crippen molar-refractivity contribution < 1.29 is 4.39 Å². The molecule has 2 heterocycles. The number of aromatic amines is 1. The van der Waals surface area contributed by atoms with Gasteiger partial charge in [0.2, 0.25) is 0 Å². The van der Waals surface area contributed by atoms with Gasteiger partial charge in [0.25, 0.3) is 0 Å². The number of likely N-dealkylation sites (N-methyl/N-ethyl adjacent to an activating group) is 1. The van der Waals surface area contributed by atoms with Crippen LogP contribution in [0.15, 0.2) is 36.7 Å². The van der Waals surface area contributed by atoms with Gasteiger partial charge in [-0.2, -0.15) is 0 Å². The molecule has 1 aromatic carbocycles. The van der Waals surface area contributed by atoms with Crippen molar-refractivity contribution in [1.29, 1.82) is 0 Å². The van der Waals surface area contributed by atoms with E-state index in [2.05, 4.69) is 39.1 Å². The van der Waals surface area contributed by atoms with Gasteiger partial charge in [-0.15, -0.1) is 0 Å². The Morgan fingerprint density at radius 2 is 1.92 bits per heavy atom. The van der Waals surface area contributed by atoms with Crippen LogP contribution in [0.1, 0.15) is 24.4 Å². The van der Waals surface area contributed by atoms with Crippen LogP contribution in [0.3, 0.4) is 0 Å². The molecule has 5 nitrogen and oxygen atoms in total. The second kappa shape index (κ2) is 7.88. The van der Waals surface area contributed by atoms with Crippen LogP contribution in [0.2, 0.25) is 0 Å². The monoisotopic (exact) mass is 331 g/mol. The molecular weight excluding hydrogens is 305 g/mol. The van der Waals surface area contributed by atoms with E-state index in [0.29, 0.717) is 6.04 Å². The number of H-pyrrole nitrogens is 1. The lowest BCUT2D eigenvalue weighted by Gasteiger charge is -2.37. The summed E-state index contributed by atoms with van der Waals surface area (Å²) in [7, 11) is 2.17. The molecule has 1 aliphatic rings. The summed E-state index contributed by atoms with van der Waals surface area (Å²) < 4.78 is 13.2. The van der Waals surface area contributed by atoms with Crippen LogP contribution < -0.4 is 5.32 Å². The number of benzene rings is 1. The maximum absolute atomic E-state index is 13.2. The van der Waals surface area contributed by atoms with E-state index in [9.17, 15) is 4.39 Å². The highest BCUT2D eigenvalue weighted by Crippen LogP contribution is 2.19. The summed E-state index contributed by atoms with van der Waals surface area (Å²) in [5.74, 6) is 0.634. The molecule has 0 spiro atoms. The molecule has 130 valence electrons. The Morgan fingerprint density at radius 3 is 2.54 bits per heavy atom. The van der Waals surface area contributed by atoms with Crippen molar-refractivity contribution in [3.8, 4) is 0 Å². The molecule has 2 atom stereocenters. The van der Waals surface area contributed by atoms with Crippen LogP contribution in [-0.4, -0.2) is 65.6 Å². The largest absolute Gasteiger partial charge is 0.347 e. The minimum absolute atomic E-state index is 0.0597. The third kappa shape index (κ3) is 4.20. The van der Waals surface area contributed by atoms with Crippen molar-refractivity contribution in [2.75, 3.05) is 39.8 Å². The van der Waals surface area contributed by atoms with Crippen molar-refractivity contribution in [1.82, 2.24) is 25.1 Å². The number of nitrogens with zero attached hydrogens (tertiary/aromatic N) is 3. The lowest BCUT2D eigenvalue weighted by molar-refractivity contribution is 0.117. The summed E-state index contributed by atoms with van der Waals surface area (Å²) >= 11 is 0. The van der Waals surface area contributed by atoms with E-state index in [1.807, 2.05) is 18.3 Å². The van der Waals surface area contributed by atoms with Gasteiger partial charge in [-0.1, -0.05) is 12.1 Å². The van der Waals surface area contributed by atoms with Gasteiger partial charge in [0, 0.05) is 51.2 Å². The maximum Gasteiger partial charge on any atom is 0.127 e. The van der Waals surface area contributed by atoms with E-state index >= 15 is 0 Å². The summed E-state index contributed by atoms with van der Waals surface area (Å²) in [4.78, 5) is 12.4. The number of piperazine rings is 1.